The lowest BCUT2D eigenvalue weighted by Gasteiger charge is -2.13. The monoisotopic (exact) mass is 413 g/mol. The smallest absolute Gasteiger partial charge is 0.220 e. The fraction of sp³-hybridized carbons (Fsp3) is 0.333. The number of aryl methyl sites for hydroxylation is 2. The Kier molecular flexibility index (Phi) is 6.98. The van der Waals surface area contributed by atoms with Crippen LogP contribution in [0.4, 0.5) is 0 Å². The molecule has 4 nitrogen and oxygen atoms in total. The van der Waals surface area contributed by atoms with Gasteiger partial charge in [0.25, 0.3) is 0 Å². The van der Waals surface area contributed by atoms with Gasteiger partial charge in [-0.1, -0.05) is 59.7 Å². The van der Waals surface area contributed by atoms with E-state index in [1.54, 1.807) is 0 Å². The van der Waals surface area contributed by atoms with Gasteiger partial charge in [0.15, 0.2) is 0 Å². The minimum Gasteiger partial charge on any atom is -0.356 e. The summed E-state index contributed by atoms with van der Waals surface area (Å²) >= 11 is 0. The summed E-state index contributed by atoms with van der Waals surface area (Å²) in [4.78, 5) is 12.5. The van der Waals surface area contributed by atoms with Crippen molar-refractivity contribution in [3.63, 3.8) is 0 Å². The largest absolute Gasteiger partial charge is 0.356 e. The van der Waals surface area contributed by atoms with E-state index in [9.17, 15) is 4.79 Å². The quantitative estimate of drug-likeness (QED) is 0.475. The van der Waals surface area contributed by atoms with E-state index in [2.05, 4.69) is 48.8 Å². The van der Waals surface area contributed by atoms with Gasteiger partial charge in [-0.05, 0) is 63.1 Å². The van der Waals surface area contributed by atoms with Gasteiger partial charge < -0.3 is 5.32 Å². The highest BCUT2D eigenvalue weighted by Crippen LogP contribution is 2.25. The third-order valence-electron chi connectivity index (χ3n) is 5.91. The maximum absolute atomic E-state index is 12.5. The molecule has 1 aromatic heterocycles. The van der Waals surface area contributed by atoms with E-state index in [1.807, 2.05) is 35.0 Å². The Morgan fingerprint density at radius 3 is 2.58 bits per heavy atom. The molecule has 1 aliphatic rings. The number of hydrogen-bond acceptors (Lipinski definition) is 2. The number of nitrogens with one attached hydrogen (secondary N) is 1. The third kappa shape index (κ3) is 5.72. The summed E-state index contributed by atoms with van der Waals surface area (Å²) in [5.74, 6) is 0.110. The minimum absolute atomic E-state index is 0.110. The fourth-order valence-electron chi connectivity index (χ4n) is 4.09. The molecule has 4 heteroatoms. The van der Waals surface area contributed by atoms with Crippen molar-refractivity contribution in [1.82, 2.24) is 15.1 Å². The van der Waals surface area contributed by atoms with Gasteiger partial charge in [0.1, 0.15) is 0 Å². The average molecular weight is 414 g/mol. The van der Waals surface area contributed by atoms with Gasteiger partial charge in [0.05, 0.1) is 11.4 Å². The molecule has 1 N–H and O–H groups in total. The van der Waals surface area contributed by atoms with E-state index in [0.29, 0.717) is 12.8 Å². The zero-order valence-electron chi connectivity index (χ0n) is 18.3. The molecule has 0 spiro atoms. The summed E-state index contributed by atoms with van der Waals surface area (Å²) < 4.78 is 1.91. The summed E-state index contributed by atoms with van der Waals surface area (Å²) in [6, 6.07) is 18.5. The van der Waals surface area contributed by atoms with Gasteiger partial charge in [-0.15, -0.1) is 0 Å². The first kappa shape index (κ1) is 21.1. The number of carbonyl (C=O) groups is 1. The van der Waals surface area contributed by atoms with E-state index in [1.165, 1.54) is 36.8 Å². The van der Waals surface area contributed by atoms with E-state index in [-0.39, 0.29) is 5.91 Å². The molecule has 0 saturated carbocycles. The SMILES string of the molecule is Cc1ccc(-c2nn(-c3ccccc3)cc2CCC(=O)NCCC2=CCCCC2)cc1. The summed E-state index contributed by atoms with van der Waals surface area (Å²) in [6.07, 6.45) is 11.5. The highest BCUT2D eigenvalue weighted by molar-refractivity contribution is 5.76. The minimum atomic E-state index is 0.110. The molecule has 3 aromatic rings. The molecule has 1 heterocycles. The van der Waals surface area contributed by atoms with Crippen LogP contribution in [-0.4, -0.2) is 22.2 Å². The summed E-state index contributed by atoms with van der Waals surface area (Å²) in [5, 5.41) is 7.96. The topological polar surface area (TPSA) is 46.9 Å². The molecule has 1 aliphatic carbocycles. The molecular weight excluding hydrogens is 382 g/mol. The Labute approximate surface area is 185 Å². The lowest BCUT2D eigenvalue weighted by atomic mass is 9.97. The first-order valence-electron chi connectivity index (χ1n) is 11.3. The Morgan fingerprint density at radius 1 is 1.03 bits per heavy atom. The Hall–Kier alpha value is -3.14. The number of hydrogen-bond donors (Lipinski definition) is 1. The predicted molar refractivity (Wildman–Crippen MR) is 126 cm³/mol. The molecule has 160 valence electrons. The van der Waals surface area contributed by atoms with E-state index < -0.39 is 0 Å². The van der Waals surface area contributed by atoms with Crippen molar-refractivity contribution in [2.24, 2.45) is 0 Å². The van der Waals surface area contributed by atoms with Crippen molar-refractivity contribution in [1.29, 1.82) is 0 Å². The van der Waals surface area contributed by atoms with Crippen LogP contribution < -0.4 is 5.32 Å². The van der Waals surface area contributed by atoms with Crippen molar-refractivity contribution in [3.05, 3.63) is 83.6 Å². The summed E-state index contributed by atoms with van der Waals surface area (Å²) in [5.41, 5.74) is 6.87. The van der Waals surface area contributed by atoms with Gasteiger partial charge in [-0.3, -0.25) is 4.79 Å². The zero-order valence-corrected chi connectivity index (χ0v) is 18.3. The maximum Gasteiger partial charge on any atom is 0.220 e. The highest BCUT2D eigenvalue weighted by Gasteiger charge is 2.14. The Bertz CT molecular complexity index is 1030. The molecule has 0 saturated heterocycles. The second kappa shape index (κ2) is 10.3. The van der Waals surface area contributed by atoms with Gasteiger partial charge >= 0.3 is 0 Å². The molecule has 0 fully saturated rings. The van der Waals surface area contributed by atoms with Crippen LogP contribution in [-0.2, 0) is 11.2 Å². The van der Waals surface area contributed by atoms with Gasteiger partial charge in [0.2, 0.25) is 5.91 Å². The molecular formula is C27H31N3O. The van der Waals surface area contributed by atoms with Crippen molar-refractivity contribution >= 4 is 5.91 Å². The Morgan fingerprint density at radius 2 is 1.84 bits per heavy atom. The predicted octanol–water partition coefficient (Wildman–Crippen LogP) is 5.79. The highest BCUT2D eigenvalue weighted by atomic mass is 16.1. The number of para-hydroxylation sites is 1. The number of amides is 1. The number of nitrogens with zero attached hydrogens (tertiary/aromatic N) is 2. The van der Waals surface area contributed by atoms with E-state index >= 15 is 0 Å². The average Bonchev–Trinajstić information content (AvgIpc) is 3.24. The van der Waals surface area contributed by atoms with Crippen LogP contribution in [0, 0.1) is 6.92 Å². The van der Waals surface area contributed by atoms with Crippen LogP contribution >= 0.6 is 0 Å². The second-order valence-electron chi connectivity index (χ2n) is 8.36. The number of allylic oxidation sites excluding steroid dienone is 1. The van der Waals surface area contributed by atoms with Crippen molar-refractivity contribution < 1.29 is 4.79 Å². The summed E-state index contributed by atoms with van der Waals surface area (Å²) in [6.45, 7) is 2.82. The van der Waals surface area contributed by atoms with Gasteiger partial charge in [-0.25, -0.2) is 4.68 Å². The lowest BCUT2D eigenvalue weighted by molar-refractivity contribution is -0.121. The number of aromatic nitrogens is 2. The molecule has 1 amide bonds. The fourth-order valence-corrected chi connectivity index (χ4v) is 4.09. The zero-order chi connectivity index (χ0) is 21.5. The van der Waals surface area contributed by atoms with Crippen LogP contribution in [0.5, 0.6) is 0 Å². The maximum atomic E-state index is 12.5. The van der Waals surface area contributed by atoms with Gasteiger partial charge in [-0.2, -0.15) is 5.10 Å². The molecule has 0 aliphatic heterocycles. The molecule has 0 radical (unpaired) electrons. The standard InChI is InChI=1S/C27H31N3O/c1-21-12-14-23(15-13-21)27-24(20-30(29-27)25-10-6-3-7-11-25)16-17-26(31)28-19-18-22-8-4-2-5-9-22/h3,6-8,10-15,20H,2,4-5,9,16-19H2,1H3,(H,28,31). The van der Waals surface area contributed by atoms with E-state index in [4.69, 9.17) is 5.10 Å². The Balaban J connectivity index is 1.43. The molecule has 31 heavy (non-hydrogen) atoms. The number of benzene rings is 2. The number of carbonyl (C=O) groups excluding carboxylic acids is 1. The molecule has 0 bridgehead atoms. The molecule has 4 rings (SSSR count). The van der Waals surface area contributed by atoms with Crippen molar-refractivity contribution in [3.8, 4) is 16.9 Å². The van der Waals surface area contributed by atoms with Crippen LogP contribution in [0.1, 0.15) is 49.7 Å². The molecule has 0 atom stereocenters. The van der Waals surface area contributed by atoms with Gasteiger partial charge in [0, 0.05) is 24.7 Å². The normalized spacial score (nSPS) is 13.6. The van der Waals surface area contributed by atoms with Crippen molar-refractivity contribution in [2.75, 3.05) is 6.54 Å². The molecule has 0 unspecified atom stereocenters. The first-order valence-corrected chi connectivity index (χ1v) is 11.3. The van der Waals surface area contributed by atoms with E-state index in [0.717, 1.165) is 35.5 Å². The van der Waals surface area contributed by atoms with Crippen molar-refractivity contribution in [2.45, 2.75) is 51.9 Å². The number of rotatable bonds is 8. The summed E-state index contributed by atoms with van der Waals surface area (Å²) in [7, 11) is 0. The third-order valence-corrected chi connectivity index (χ3v) is 5.91. The lowest BCUT2D eigenvalue weighted by Crippen LogP contribution is -2.25. The van der Waals surface area contributed by atoms with Crippen LogP contribution in [0.15, 0.2) is 72.4 Å². The molecule has 2 aromatic carbocycles. The second-order valence-corrected chi connectivity index (χ2v) is 8.36. The van der Waals surface area contributed by atoms with Crippen LogP contribution in [0.25, 0.3) is 16.9 Å². The first-order chi connectivity index (χ1) is 15.2. The van der Waals surface area contributed by atoms with Crippen LogP contribution in [0.2, 0.25) is 0 Å². The van der Waals surface area contributed by atoms with Crippen LogP contribution in [0.3, 0.4) is 0 Å².